The molecule has 1 saturated carbocycles. The Balaban J connectivity index is 1.49. The standard InChI is InChI=1S/C21H23ClN2O4S/c22-16-4-6-19(7-5-16)29(27,28)21(9-10-21)20(26)23-17-3-1-2-15(12-17)13-24-11-8-18(25)14-24/h1-7,12,18,25H,8-11,13-14H2,(H,23,26). The van der Waals surface area contributed by atoms with Gasteiger partial charge in [0.2, 0.25) is 5.91 Å². The molecule has 1 unspecified atom stereocenters. The van der Waals surface area contributed by atoms with E-state index >= 15 is 0 Å². The first-order valence-corrected chi connectivity index (χ1v) is 11.5. The number of nitrogens with zero attached hydrogens (tertiary/aromatic N) is 1. The highest BCUT2D eigenvalue weighted by Crippen LogP contribution is 2.47. The van der Waals surface area contributed by atoms with Gasteiger partial charge in [-0.3, -0.25) is 9.69 Å². The molecule has 0 aromatic heterocycles. The number of carbonyl (C=O) groups is 1. The van der Waals surface area contributed by atoms with Crippen molar-refractivity contribution in [3.63, 3.8) is 0 Å². The fourth-order valence-corrected chi connectivity index (χ4v) is 5.78. The highest BCUT2D eigenvalue weighted by molar-refractivity contribution is 7.94. The second-order valence-electron chi connectivity index (χ2n) is 7.78. The number of rotatable bonds is 6. The minimum Gasteiger partial charge on any atom is -0.392 e. The van der Waals surface area contributed by atoms with E-state index in [9.17, 15) is 18.3 Å². The average Bonchev–Trinajstić information content (AvgIpc) is 3.41. The number of sulfone groups is 1. The molecule has 6 nitrogen and oxygen atoms in total. The van der Waals surface area contributed by atoms with E-state index in [0.717, 1.165) is 18.5 Å². The summed E-state index contributed by atoms with van der Waals surface area (Å²) < 4.78 is 24.7. The Morgan fingerprint density at radius 1 is 1.21 bits per heavy atom. The number of β-amino-alcohol motifs (C(OH)–C–C–N with tert-alkyl or cyclic N) is 1. The number of benzene rings is 2. The predicted octanol–water partition coefficient (Wildman–Crippen LogP) is 2.85. The van der Waals surface area contributed by atoms with Crippen LogP contribution in [0.15, 0.2) is 53.4 Å². The number of halogens is 1. The quantitative estimate of drug-likeness (QED) is 0.730. The van der Waals surface area contributed by atoms with E-state index in [-0.39, 0.29) is 11.0 Å². The normalized spacial score (nSPS) is 21.1. The summed E-state index contributed by atoms with van der Waals surface area (Å²) in [7, 11) is -3.81. The lowest BCUT2D eigenvalue weighted by atomic mass is 10.2. The lowest BCUT2D eigenvalue weighted by Crippen LogP contribution is -2.37. The Bertz CT molecular complexity index is 1020. The number of hydrogen-bond acceptors (Lipinski definition) is 5. The second kappa shape index (κ2) is 7.72. The Labute approximate surface area is 175 Å². The van der Waals surface area contributed by atoms with Crippen molar-refractivity contribution in [2.75, 3.05) is 18.4 Å². The van der Waals surface area contributed by atoms with Gasteiger partial charge < -0.3 is 10.4 Å². The van der Waals surface area contributed by atoms with Crippen LogP contribution in [0.2, 0.25) is 5.02 Å². The molecule has 1 amide bonds. The van der Waals surface area contributed by atoms with Crippen LogP contribution in [0.3, 0.4) is 0 Å². The maximum Gasteiger partial charge on any atom is 0.246 e. The molecule has 154 valence electrons. The van der Waals surface area contributed by atoms with Gasteiger partial charge in [-0.05, 0) is 61.2 Å². The molecule has 1 aliphatic heterocycles. The third-order valence-electron chi connectivity index (χ3n) is 5.59. The number of anilines is 1. The average molecular weight is 435 g/mol. The summed E-state index contributed by atoms with van der Waals surface area (Å²) in [5.74, 6) is -0.499. The highest BCUT2D eigenvalue weighted by Gasteiger charge is 2.61. The molecule has 1 heterocycles. The molecule has 1 atom stereocenters. The van der Waals surface area contributed by atoms with Crippen LogP contribution in [-0.2, 0) is 21.2 Å². The smallest absolute Gasteiger partial charge is 0.246 e. The second-order valence-corrected chi connectivity index (χ2v) is 10.5. The number of amides is 1. The summed E-state index contributed by atoms with van der Waals surface area (Å²) in [4.78, 5) is 15.2. The van der Waals surface area contributed by atoms with Crippen LogP contribution in [0.1, 0.15) is 24.8 Å². The van der Waals surface area contributed by atoms with Crippen molar-refractivity contribution in [3.05, 3.63) is 59.1 Å². The third-order valence-corrected chi connectivity index (χ3v) is 8.36. The molecule has 8 heteroatoms. The maximum absolute atomic E-state index is 13.1. The van der Waals surface area contributed by atoms with Gasteiger partial charge in [-0.1, -0.05) is 23.7 Å². The first-order valence-electron chi connectivity index (χ1n) is 9.61. The Morgan fingerprint density at radius 2 is 1.93 bits per heavy atom. The van der Waals surface area contributed by atoms with Gasteiger partial charge in [-0.2, -0.15) is 0 Å². The number of hydrogen-bond donors (Lipinski definition) is 2. The molecular formula is C21H23ClN2O4S. The van der Waals surface area contributed by atoms with Crippen molar-refractivity contribution < 1.29 is 18.3 Å². The van der Waals surface area contributed by atoms with Gasteiger partial charge in [0.25, 0.3) is 0 Å². The van der Waals surface area contributed by atoms with E-state index in [1.54, 1.807) is 6.07 Å². The van der Waals surface area contributed by atoms with Crippen LogP contribution in [-0.4, -0.2) is 48.3 Å². The maximum atomic E-state index is 13.1. The minimum absolute atomic E-state index is 0.107. The summed E-state index contributed by atoms with van der Waals surface area (Å²) in [5.41, 5.74) is 1.58. The minimum atomic E-state index is -3.81. The molecule has 2 N–H and O–H groups in total. The number of aliphatic hydroxyl groups excluding tert-OH is 1. The van der Waals surface area contributed by atoms with E-state index < -0.39 is 20.5 Å². The van der Waals surface area contributed by atoms with Crippen molar-refractivity contribution in [1.29, 1.82) is 0 Å². The Hall–Kier alpha value is -1.93. The van der Waals surface area contributed by atoms with Crippen molar-refractivity contribution in [3.8, 4) is 0 Å². The molecule has 4 rings (SSSR count). The summed E-state index contributed by atoms with van der Waals surface area (Å²) in [6, 6.07) is 13.3. The summed E-state index contributed by atoms with van der Waals surface area (Å²) in [6.07, 6.45) is 1.08. The molecule has 0 bridgehead atoms. The summed E-state index contributed by atoms with van der Waals surface area (Å²) >= 11 is 5.85. The molecule has 2 aliphatic rings. The van der Waals surface area contributed by atoms with E-state index in [0.29, 0.717) is 36.6 Å². The molecule has 1 aliphatic carbocycles. The van der Waals surface area contributed by atoms with E-state index in [2.05, 4.69) is 10.2 Å². The lowest BCUT2D eigenvalue weighted by molar-refractivity contribution is -0.116. The van der Waals surface area contributed by atoms with Crippen LogP contribution in [0.4, 0.5) is 5.69 Å². The van der Waals surface area contributed by atoms with E-state index in [1.165, 1.54) is 24.3 Å². The monoisotopic (exact) mass is 434 g/mol. The first kappa shape index (κ1) is 20.3. The zero-order valence-electron chi connectivity index (χ0n) is 15.8. The molecule has 0 spiro atoms. The zero-order chi connectivity index (χ0) is 20.6. The molecule has 2 fully saturated rings. The largest absolute Gasteiger partial charge is 0.392 e. The molecule has 0 radical (unpaired) electrons. The van der Waals surface area contributed by atoms with Crippen molar-refractivity contribution in [2.24, 2.45) is 0 Å². The Kier molecular flexibility index (Phi) is 5.42. The fourth-order valence-electron chi connectivity index (χ4n) is 3.78. The van der Waals surface area contributed by atoms with Crippen LogP contribution in [0, 0.1) is 0 Å². The molecule has 2 aromatic rings. The first-order chi connectivity index (χ1) is 13.8. The van der Waals surface area contributed by atoms with Crippen molar-refractivity contribution in [2.45, 2.75) is 41.6 Å². The molecule has 1 saturated heterocycles. The number of likely N-dealkylation sites (tertiary alicyclic amines) is 1. The number of nitrogens with one attached hydrogen (secondary N) is 1. The van der Waals surface area contributed by atoms with Gasteiger partial charge in [-0.25, -0.2) is 8.42 Å². The van der Waals surface area contributed by atoms with Crippen molar-refractivity contribution in [1.82, 2.24) is 4.90 Å². The predicted molar refractivity (Wildman–Crippen MR) is 112 cm³/mol. The summed E-state index contributed by atoms with van der Waals surface area (Å²) in [6.45, 7) is 2.15. The van der Waals surface area contributed by atoms with Crippen LogP contribution in [0.25, 0.3) is 0 Å². The molecular weight excluding hydrogens is 412 g/mol. The summed E-state index contributed by atoms with van der Waals surface area (Å²) in [5, 5.41) is 12.9. The van der Waals surface area contributed by atoms with Crippen LogP contribution < -0.4 is 5.32 Å². The number of carbonyl (C=O) groups excluding carboxylic acids is 1. The van der Waals surface area contributed by atoms with Gasteiger partial charge in [0.1, 0.15) is 0 Å². The van der Waals surface area contributed by atoms with E-state index in [1.807, 2.05) is 18.2 Å². The zero-order valence-corrected chi connectivity index (χ0v) is 17.4. The Morgan fingerprint density at radius 3 is 2.55 bits per heavy atom. The van der Waals surface area contributed by atoms with Gasteiger partial charge in [-0.15, -0.1) is 0 Å². The van der Waals surface area contributed by atoms with Gasteiger partial charge in [0.15, 0.2) is 14.6 Å². The van der Waals surface area contributed by atoms with Gasteiger partial charge >= 0.3 is 0 Å². The topological polar surface area (TPSA) is 86.7 Å². The van der Waals surface area contributed by atoms with Crippen LogP contribution in [0.5, 0.6) is 0 Å². The lowest BCUT2D eigenvalue weighted by Gasteiger charge is -2.18. The van der Waals surface area contributed by atoms with E-state index in [4.69, 9.17) is 11.6 Å². The number of aliphatic hydroxyl groups is 1. The highest BCUT2D eigenvalue weighted by atomic mass is 35.5. The van der Waals surface area contributed by atoms with Crippen molar-refractivity contribution >= 4 is 33.0 Å². The fraction of sp³-hybridized carbons (Fsp3) is 0.381. The third kappa shape index (κ3) is 4.05. The van der Waals surface area contributed by atoms with Gasteiger partial charge in [0.05, 0.1) is 11.0 Å². The SMILES string of the molecule is O=C(Nc1cccc(CN2CCC(O)C2)c1)C1(S(=O)(=O)c2ccc(Cl)cc2)CC1. The molecule has 29 heavy (non-hydrogen) atoms. The molecule has 2 aromatic carbocycles. The van der Waals surface area contributed by atoms with Gasteiger partial charge in [0, 0.05) is 30.3 Å². The van der Waals surface area contributed by atoms with Crippen LogP contribution >= 0.6 is 11.6 Å².